The first-order chi connectivity index (χ1) is 43.1. The lowest BCUT2D eigenvalue weighted by Crippen LogP contribution is -2.30. The fourth-order valence-electron chi connectivity index (χ4n) is 10.6. The Morgan fingerprint density at radius 1 is 0.311 bits per heavy atom. The Morgan fingerprint density at radius 2 is 0.533 bits per heavy atom. The number of aliphatic hydroxyl groups is 1. The highest BCUT2D eigenvalue weighted by molar-refractivity contribution is 7.47. The molecule has 0 heterocycles. The summed E-state index contributed by atoms with van der Waals surface area (Å²) in [6.07, 6.45) is 43.2. The molecule has 6 atom stereocenters. The molecular formula is C71H138O17P2. The molecular weight excluding hydrogens is 1190 g/mol. The predicted molar refractivity (Wildman–Crippen MR) is 363 cm³/mol. The van der Waals surface area contributed by atoms with Crippen LogP contribution in [0.25, 0.3) is 0 Å². The molecule has 3 unspecified atom stereocenters. The second-order valence-electron chi connectivity index (χ2n) is 27.3. The smallest absolute Gasteiger partial charge is 0.462 e. The molecule has 0 saturated heterocycles. The summed E-state index contributed by atoms with van der Waals surface area (Å²) in [4.78, 5) is 72.5. The topological polar surface area (TPSA) is 237 Å². The number of phosphoric acid groups is 2. The number of hydrogen-bond donors (Lipinski definition) is 3. The van der Waals surface area contributed by atoms with Crippen LogP contribution in [0.1, 0.15) is 351 Å². The number of phosphoric ester groups is 2. The molecule has 0 aromatic heterocycles. The molecule has 0 aromatic rings. The number of unbranched alkanes of at least 4 members (excludes halogenated alkanes) is 33. The van der Waals surface area contributed by atoms with Gasteiger partial charge in [0.2, 0.25) is 0 Å². The predicted octanol–water partition coefficient (Wildman–Crippen LogP) is 20.1. The maximum absolute atomic E-state index is 13.0. The first-order valence-corrected chi connectivity index (χ1v) is 39.7. The molecule has 0 rings (SSSR count). The number of aliphatic hydroxyl groups excluding tert-OH is 1. The van der Waals surface area contributed by atoms with E-state index in [2.05, 4.69) is 55.4 Å². The maximum atomic E-state index is 13.0. The zero-order valence-corrected chi connectivity index (χ0v) is 60.6. The Labute approximate surface area is 549 Å². The number of carbonyl (C=O) groups excluding carboxylic acids is 4. The van der Waals surface area contributed by atoms with E-state index in [0.717, 1.165) is 120 Å². The molecule has 0 aromatic carbocycles. The van der Waals surface area contributed by atoms with Gasteiger partial charge in [-0.3, -0.25) is 37.3 Å². The van der Waals surface area contributed by atoms with Gasteiger partial charge in [-0.2, -0.15) is 0 Å². The number of rotatable bonds is 68. The highest BCUT2D eigenvalue weighted by Gasteiger charge is 2.30. The monoisotopic (exact) mass is 1320 g/mol. The Kier molecular flexibility index (Phi) is 59.4. The lowest BCUT2D eigenvalue weighted by molar-refractivity contribution is -0.161. The van der Waals surface area contributed by atoms with Crippen molar-refractivity contribution in [3.8, 4) is 0 Å². The molecule has 0 aliphatic rings. The molecule has 0 amide bonds. The standard InChI is InChI=1S/C71H138O17P2/c1-9-64(8)50-42-34-28-30-36-44-52-69(74)82-58-67(88-70(75)53-45-37-25-21-17-12-10-11-15-19-23-31-39-47-61(2)3)60-86-90(79,80)84-56-65(72)55-83-89(77,78)85-59-66(57-81-68(73)51-43-35-29-27-33-41-49-63(6)7)87-71(76)54-46-38-26-22-18-14-13-16-20-24-32-40-48-62(4)5/h61-67,72H,9-60H2,1-8H3,(H,77,78)(H,79,80)/t64?,65-,66-,67-/m1/s1. The van der Waals surface area contributed by atoms with Gasteiger partial charge < -0.3 is 33.8 Å². The zero-order valence-electron chi connectivity index (χ0n) is 58.8. The minimum Gasteiger partial charge on any atom is -0.462 e. The SMILES string of the molecule is CCC(C)CCCCCCCCC(=O)OC[C@H](COP(=O)(O)OC[C@H](O)COP(=O)(O)OC[C@@H](COC(=O)CCCCCCCCC(C)C)OC(=O)CCCCCCCCCCCCCCC(C)C)OC(=O)CCCCCCCCCCCCCCCC(C)C. The number of esters is 4. The van der Waals surface area contributed by atoms with Gasteiger partial charge in [-0.25, -0.2) is 9.13 Å². The second-order valence-corrected chi connectivity index (χ2v) is 30.2. The van der Waals surface area contributed by atoms with Gasteiger partial charge in [-0.15, -0.1) is 0 Å². The van der Waals surface area contributed by atoms with Crippen molar-refractivity contribution in [1.29, 1.82) is 0 Å². The normalized spacial score (nSPS) is 14.6. The molecule has 19 heteroatoms. The van der Waals surface area contributed by atoms with Crippen LogP contribution in [-0.2, 0) is 65.4 Å². The van der Waals surface area contributed by atoms with Crippen LogP contribution in [0.15, 0.2) is 0 Å². The van der Waals surface area contributed by atoms with Crippen molar-refractivity contribution in [2.24, 2.45) is 23.7 Å². The Hall–Kier alpha value is -1.94. The van der Waals surface area contributed by atoms with E-state index in [9.17, 15) is 43.2 Å². The van der Waals surface area contributed by atoms with Crippen LogP contribution in [0.5, 0.6) is 0 Å². The molecule has 534 valence electrons. The quantitative estimate of drug-likeness (QED) is 0.0222. The van der Waals surface area contributed by atoms with E-state index in [1.54, 1.807) is 0 Å². The Bertz CT molecular complexity index is 1780. The highest BCUT2D eigenvalue weighted by Crippen LogP contribution is 2.45. The van der Waals surface area contributed by atoms with Crippen molar-refractivity contribution in [3.05, 3.63) is 0 Å². The Balaban J connectivity index is 5.23. The maximum Gasteiger partial charge on any atom is 0.472 e. The van der Waals surface area contributed by atoms with Crippen molar-refractivity contribution >= 4 is 39.5 Å². The van der Waals surface area contributed by atoms with Crippen LogP contribution in [-0.4, -0.2) is 96.7 Å². The summed E-state index contributed by atoms with van der Waals surface area (Å²) < 4.78 is 68.3. The second kappa shape index (κ2) is 60.7. The van der Waals surface area contributed by atoms with E-state index >= 15 is 0 Å². The molecule has 0 aliphatic carbocycles. The van der Waals surface area contributed by atoms with Gasteiger partial charge in [0.25, 0.3) is 0 Å². The van der Waals surface area contributed by atoms with Crippen molar-refractivity contribution < 1.29 is 80.2 Å². The average molecular weight is 1330 g/mol. The molecule has 17 nitrogen and oxygen atoms in total. The fraction of sp³-hybridized carbons (Fsp3) is 0.944. The van der Waals surface area contributed by atoms with Gasteiger partial charge in [0, 0.05) is 25.7 Å². The summed E-state index contributed by atoms with van der Waals surface area (Å²) in [5.74, 6) is 0.843. The van der Waals surface area contributed by atoms with E-state index in [1.165, 1.54) is 141 Å². The third-order valence-corrected chi connectivity index (χ3v) is 18.6. The highest BCUT2D eigenvalue weighted by atomic mass is 31.2. The van der Waals surface area contributed by atoms with Gasteiger partial charge in [-0.05, 0) is 49.4 Å². The lowest BCUT2D eigenvalue weighted by Gasteiger charge is -2.21. The first kappa shape index (κ1) is 88.1. The van der Waals surface area contributed by atoms with Crippen molar-refractivity contribution in [2.75, 3.05) is 39.6 Å². The molecule has 0 aliphatic heterocycles. The first-order valence-electron chi connectivity index (χ1n) is 36.7. The van der Waals surface area contributed by atoms with Crippen molar-refractivity contribution in [3.63, 3.8) is 0 Å². The number of hydrogen-bond acceptors (Lipinski definition) is 15. The van der Waals surface area contributed by atoms with Crippen LogP contribution < -0.4 is 0 Å². The molecule has 0 bridgehead atoms. The minimum atomic E-state index is -4.95. The summed E-state index contributed by atoms with van der Waals surface area (Å²) in [7, 11) is -9.90. The zero-order chi connectivity index (χ0) is 66.8. The van der Waals surface area contributed by atoms with Crippen LogP contribution in [0.2, 0.25) is 0 Å². The van der Waals surface area contributed by atoms with Gasteiger partial charge in [0.1, 0.15) is 19.3 Å². The van der Waals surface area contributed by atoms with Crippen molar-refractivity contribution in [2.45, 2.75) is 369 Å². The van der Waals surface area contributed by atoms with E-state index in [4.69, 9.17) is 37.0 Å². The molecule has 90 heavy (non-hydrogen) atoms. The van der Waals surface area contributed by atoms with E-state index in [1.807, 2.05) is 0 Å². The van der Waals surface area contributed by atoms with E-state index < -0.39 is 97.5 Å². The largest absolute Gasteiger partial charge is 0.472 e. The third-order valence-electron chi connectivity index (χ3n) is 16.7. The summed E-state index contributed by atoms with van der Waals surface area (Å²) in [6.45, 7) is 14.1. The van der Waals surface area contributed by atoms with Crippen LogP contribution >= 0.6 is 15.6 Å². The van der Waals surface area contributed by atoms with E-state index in [-0.39, 0.29) is 25.7 Å². The van der Waals surface area contributed by atoms with Crippen LogP contribution in [0.4, 0.5) is 0 Å². The third kappa shape index (κ3) is 63.5. The lowest BCUT2D eigenvalue weighted by atomic mass is 10.00. The Morgan fingerprint density at radius 3 is 0.789 bits per heavy atom. The van der Waals surface area contributed by atoms with Gasteiger partial charge >= 0.3 is 39.5 Å². The van der Waals surface area contributed by atoms with E-state index in [0.29, 0.717) is 31.6 Å². The number of ether oxygens (including phenoxy) is 4. The van der Waals surface area contributed by atoms with Gasteiger partial charge in [0.15, 0.2) is 12.2 Å². The van der Waals surface area contributed by atoms with Crippen molar-refractivity contribution in [1.82, 2.24) is 0 Å². The minimum absolute atomic E-state index is 0.105. The van der Waals surface area contributed by atoms with Crippen LogP contribution in [0, 0.1) is 23.7 Å². The summed E-state index contributed by atoms with van der Waals surface area (Å²) in [6, 6.07) is 0. The average Bonchev–Trinajstić information content (AvgIpc) is 3.71. The summed E-state index contributed by atoms with van der Waals surface area (Å²) in [5, 5.41) is 10.6. The van der Waals surface area contributed by atoms with Gasteiger partial charge in [0.05, 0.1) is 26.4 Å². The van der Waals surface area contributed by atoms with Gasteiger partial charge in [-0.1, -0.05) is 299 Å². The molecule has 3 N–H and O–H groups in total. The number of carbonyl (C=O) groups is 4. The summed E-state index contributed by atoms with van der Waals surface area (Å²) >= 11 is 0. The molecule has 0 radical (unpaired) electrons. The molecule has 0 saturated carbocycles. The molecule has 0 fully saturated rings. The fourth-order valence-corrected chi connectivity index (χ4v) is 12.2. The summed E-state index contributed by atoms with van der Waals surface area (Å²) in [5.41, 5.74) is 0. The molecule has 0 spiro atoms. The van der Waals surface area contributed by atoms with Crippen LogP contribution in [0.3, 0.4) is 0 Å².